The van der Waals surface area contributed by atoms with Gasteiger partial charge in [0.05, 0.1) is 19.5 Å². The van der Waals surface area contributed by atoms with Crippen molar-refractivity contribution in [3.05, 3.63) is 83.0 Å². The molecule has 0 aliphatic carbocycles. The smallest absolute Gasteiger partial charge is 0.277 e. The fraction of sp³-hybridized carbons (Fsp3) is 0.240. The lowest BCUT2D eigenvalue weighted by atomic mass is 10.1. The molecule has 0 bridgehead atoms. The van der Waals surface area contributed by atoms with Gasteiger partial charge in [-0.3, -0.25) is 14.2 Å². The van der Waals surface area contributed by atoms with Gasteiger partial charge in [0.15, 0.2) is 0 Å². The average molecular weight is 431 g/mol. The first kappa shape index (κ1) is 21.5. The Hall–Kier alpha value is -3.71. The fourth-order valence-electron chi connectivity index (χ4n) is 3.81. The van der Waals surface area contributed by atoms with Crippen molar-refractivity contribution >= 4 is 22.6 Å². The van der Waals surface area contributed by atoms with E-state index in [-0.39, 0.29) is 18.0 Å². The molecular weight excluding hydrogens is 404 g/mol. The quantitative estimate of drug-likeness (QED) is 0.462. The molecule has 2 heterocycles. The van der Waals surface area contributed by atoms with E-state index in [9.17, 15) is 9.59 Å². The Bertz CT molecular complexity index is 1290. The molecule has 0 aliphatic rings. The summed E-state index contributed by atoms with van der Waals surface area (Å²) in [5.74, 6) is -0.200. The van der Waals surface area contributed by atoms with Gasteiger partial charge in [-0.2, -0.15) is 0 Å². The van der Waals surface area contributed by atoms with E-state index in [0.717, 1.165) is 28.8 Å². The van der Waals surface area contributed by atoms with Crippen molar-refractivity contribution in [2.75, 3.05) is 19.0 Å². The zero-order chi connectivity index (χ0) is 22.5. The highest BCUT2D eigenvalue weighted by Gasteiger charge is 2.18. The number of nitrogens with zero attached hydrogens (tertiary/aromatic N) is 3. The number of carbonyl (C=O) groups is 1. The van der Waals surface area contributed by atoms with Gasteiger partial charge < -0.3 is 14.6 Å². The molecule has 32 heavy (non-hydrogen) atoms. The van der Waals surface area contributed by atoms with Gasteiger partial charge in [-0.15, -0.1) is 0 Å². The topological polar surface area (TPSA) is 78.2 Å². The number of fused-ring (bicyclic) bond motifs is 1. The minimum atomic E-state index is -0.200. The lowest BCUT2D eigenvalue weighted by Gasteiger charge is -2.11. The molecule has 1 amide bonds. The maximum Gasteiger partial charge on any atom is 0.277 e. The zero-order valence-corrected chi connectivity index (χ0v) is 18.2. The number of nitrogens with one attached hydrogen (secondary N) is 1. The minimum absolute atomic E-state index is 0.00654. The minimum Gasteiger partial charge on any atom is -0.383 e. The average Bonchev–Trinajstić information content (AvgIpc) is 3.18. The summed E-state index contributed by atoms with van der Waals surface area (Å²) in [6, 6.07) is 17.5. The van der Waals surface area contributed by atoms with Crippen LogP contribution in [0.25, 0.3) is 22.2 Å². The van der Waals surface area contributed by atoms with Crippen LogP contribution >= 0.6 is 0 Å². The van der Waals surface area contributed by atoms with E-state index in [0.29, 0.717) is 24.2 Å². The normalized spacial score (nSPS) is 11.1. The highest BCUT2D eigenvalue weighted by Crippen LogP contribution is 2.27. The number of ether oxygens (including phenoxy) is 1. The Balaban J connectivity index is 1.75. The van der Waals surface area contributed by atoms with Gasteiger partial charge >= 0.3 is 0 Å². The zero-order valence-electron chi connectivity index (χ0n) is 18.2. The molecule has 0 spiro atoms. The summed E-state index contributed by atoms with van der Waals surface area (Å²) in [6.07, 6.45) is 4.19. The van der Waals surface area contributed by atoms with Crippen molar-refractivity contribution < 1.29 is 9.53 Å². The number of rotatable bonds is 8. The van der Waals surface area contributed by atoms with Crippen LogP contribution in [0.2, 0.25) is 0 Å². The molecule has 4 aromatic rings. The van der Waals surface area contributed by atoms with Crippen LogP contribution < -0.4 is 10.9 Å². The molecule has 7 nitrogen and oxygen atoms in total. The molecule has 1 N–H and O–H groups in total. The Kier molecular flexibility index (Phi) is 6.47. The van der Waals surface area contributed by atoms with Gasteiger partial charge in [0.25, 0.3) is 5.56 Å². The summed E-state index contributed by atoms with van der Waals surface area (Å²) < 4.78 is 8.32. The molecular formula is C25H26N4O3. The van der Waals surface area contributed by atoms with Crippen LogP contribution in [0.15, 0.2) is 71.9 Å². The predicted molar refractivity (Wildman–Crippen MR) is 126 cm³/mol. The first-order valence-electron chi connectivity index (χ1n) is 10.6. The van der Waals surface area contributed by atoms with Crippen LogP contribution in [-0.4, -0.2) is 33.7 Å². The number of hydrogen-bond acceptors (Lipinski definition) is 4. The van der Waals surface area contributed by atoms with Gasteiger partial charge in [-0.25, -0.2) is 4.98 Å². The Labute approximate surface area is 186 Å². The molecule has 0 atom stereocenters. The third-order valence-electron chi connectivity index (χ3n) is 5.45. The largest absolute Gasteiger partial charge is 0.383 e. The number of carbonyl (C=O) groups excluding carboxylic acids is 1. The third kappa shape index (κ3) is 4.33. The molecule has 0 saturated heterocycles. The maximum atomic E-state index is 13.3. The van der Waals surface area contributed by atoms with E-state index in [4.69, 9.17) is 4.74 Å². The van der Waals surface area contributed by atoms with E-state index in [1.54, 1.807) is 11.7 Å². The molecule has 7 heteroatoms. The van der Waals surface area contributed by atoms with E-state index in [1.807, 2.05) is 67.7 Å². The van der Waals surface area contributed by atoms with Crippen molar-refractivity contribution in [2.45, 2.75) is 26.4 Å². The summed E-state index contributed by atoms with van der Waals surface area (Å²) in [7, 11) is 1.59. The number of aryl methyl sites for hydroxylation is 1. The Morgan fingerprint density at radius 1 is 1.06 bits per heavy atom. The summed E-state index contributed by atoms with van der Waals surface area (Å²) in [5.41, 5.74) is 4.39. The van der Waals surface area contributed by atoms with E-state index in [1.165, 1.54) is 10.9 Å². The number of methoxy groups -OCH3 is 1. The highest BCUT2D eigenvalue weighted by molar-refractivity contribution is 5.96. The summed E-state index contributed by atoms with van der Waals surface area (Å²) >= 11 is 0. The number of aromatic nitrogens is 3. The lowest BCUT2D eigenvalue weighted by Crippen LogP contribution is -2.26. The predicted octanol–water partition coefficient (Wildman–Crippen LogP) is 3.71. The molecule has 4 rings (SSSR count). The second-order valence-electron chi connectivity index (χ2n) is 7.53. The van der Waals surface area contributed by atoms with Crippen molar-refractivity contribution in [2.24, 2.45) is 0 Å². The number of amides is 1. The van der Waals surface area contributed by atoms with Gasteiger partial charge in [-0.1, -0.05) is 55.5 Å². The summed E-state index contributed by atoms with van der Waals surface area (Å²) in [4.78, 5) is 30.7. The molecule has 0 radical (unpaired) electrons. The van der Waals surface area contributed by atoms with Crippen LogP contribution in [-0.2, 0) is 29.0 Å². The fourth-order valence-corrected chi connectivity index (χ4v) is 3.81. The summed E-state index contributed by atoms with van der Waals surface area (Å²) in [5, 5.41) is 2.98. The van der Waals surface area contributed by atoms with Crippen LogP contribution in [0, 0.1) is 0 Å². The molecule has 0 saturated carbocycles. The van der Waals surface area contributed by atoms with Crippen molar-refractivity contribution in [1.82, 2.24) is 14.1 Å². The lowest BCUT2D eigenvalue weighted by molar-refractivity contribution is -0.116. The molecule has 0 aliphatic heterocycles. The van der Waals surface area contributed by atoms with Crippen molar-refractivity contribution in [1.29, 1.82) is 0 Å². The molecule has 164 valence electrons. The van der Waals surface area contributed by atoms with Crippen LogP contribution in [0.1, 0.15) is 12.5 Å². The second-order valence-corrected chi connectivity index (χ2v) is 7.53. The Morgan fingerprint density at radius 2 is 1.81 bits per heavy atom. The standard InChI is InChI=1S/C25H26N4O3/c1-3-18-9-7-8-12-21(18)27-22(30)16-29-15-20(19-10-5-4-6-11-19)23-24(29)25(31)28(17-26-23)13-14-32-2/h4-12,15,17H,3,13-14,16H2,1-2H3,(H,27,30). The second kappa shape index (κ2) is 9.62. The molecule has 2 aromatic heterocycles. The van der Waals surface area contributed by atoms with Crippen molar-refractivity contribution in [3.63, 3.8) is 0 Å². The highest BCUT2D eigenvalue weighted by atomic mass is 16.5. The number of hydrogen-bond donors (Lipinski definition) is 1. The van der Waals surface area contributed by atoms with Gasteiger partial charge in [-0.05, 0) is 23.6 Å². The SMILES string of the molecule is CCc1ccccc1NC(=O)Cn1cc(-c2ccccc2)c2ncn(CCOC)c(=O)c21. The molecule has 2 aromatic carbocycles. The maximum absolute atomic E-state index is 13.3. The van der Waals surface area contributed by atoms with Gasteiger partial charge in [0, 0.05) is 24.6 Å². The monoisotopic (exact) mass is 430 g/mol. The van der Waals surface area contributed by atoms with E-state index in [2.05, 4.69) is 10.3 Å². The van der Waals surface area contributed by atoms with E-state index >= 15 is 0 Å². The molecule has 0 fully saturated rings. The van der Waals surface area contributed by atoms with Gasteiger partial charge in [0.1, 0.15) is 17.6 Å². The van der Waals surface area contributed by atoms with Crippen LogP contribution in [0.3, 0.4) is 0 Å². The van der Waals surface area contributed by atoms with Crippen LogP contribution in [0.4, 0.5) is 5.69 Å². The first-order valence-corrected chi connectivity index (χ1v) is 10.6. The van der Waals surface area contributed by atoms with Crippen LogP contribution in [0.5, 0.6) is 0 Å². The number of benzene rings is 2. The Morgan fingerprint density at radius 3 is 2.56 bits per heavy atom. The first-order chi connectivity index (χ1) is 15.6. The van der Waals surface area contributed by atoms with E-state index < -0.39 is 0 Å². The number of anilines is 1. The van der Waals surface area contributed by atoms with Gasteiger partial charge in [0.2, 0.25) is 5.91 Å². The summed E-state index contributed by atoms with van der Waals surface area (Å²) in [6.45, 7) is 2.84. The van der Waals surface area contributed by atoms with Crippen molar-refractivity contribution in [3.8, 4) is 11.1 Å². The number of para-hydroxylation sites is 1. The third-order valence-corrected chi connectivity index (χ3v) is 5.45. The molecule has 0 unspecified atom stereocenters.